The van der Waals surface area contributed by atoms with Gasteiger partial charge in [-0.25, -0.2) is 9.97 Å². The van der Waals surface area contributed by atoms with Crippen LogP contribution in [-0.2, 0) is 17.5 Å². The summed E-state index contributed by atoms with van der Waals surface area (Å²) < 4.78 is 51.8. The van der Waals surface area contributed by atoms with Crippen LogP contribution >= 0.6 is 0 Å². The van der Waals surface area contributed by atoms with Crippen LogP contribution in [0.15, 0.2) is 47.4 Å². The predicted octanol–water partition coefficient (Wildman–Crippen LogP) is 4.68. The van der Waals surface area contributed by atoms with Gasteiger partial charge < -0.3 is 19.8 Å². The van der Waals surface area contributed by atoms with E-state index in [1.807, 2.05) is 13.8 Å². The van der Waals surface area contributed by atoms with Crippen LogP contribution in [0.5, 0.6) is 5.88 Å². The van der Waals surface area contributed by atoms with Crippen molar-refractivity contribution in [3.63, 3.8) is 0 Å². The van der Waals surface area contributed by atoms with Gasteiger partial charge in [0.2, 0.25) is 5.88 Å². The minimum atomic E-state index is -4.61. The average Bonchev–Trinajstić information content (AvgIpc) is 2.81. The molecule has 0 bridgehead atoms. The number of pyridine rings is 1. The van der Waals surface area contributed by atoms with Gasteiger partial charge in [0, 0.05) is 56.1 Å². The van der Waals surface area contributed by atoms with Gasteiger partial charge in [0.05, 0.1) is 17.9 Å². The first-order valence-electron chi connectivity index (χ1n) is 11.3. The molecule has 0 saturated heterocycles. The molecule has 0 aliphatic heterocycles. The number of ether oxygens (including phenoxy) is 2. The monoisotopic (exact) mass is 490 g/mol. The lowest BCUT2D eigenvalue weighted by molar-refractivity contribution is -0.137. The minimum Gasteiger partial charge on any atom is -0.478 e. The summed E-state index contributed by atoms with van der Waals surface area (Å²) in [4.78, 5) is 23.4. The van der Waals surface area contributed by atoms with Gasteiger partial charge in [0.25, 0.3) is 5.56 Å². The quantitative estimate of drug-likeness (QED) is 0.380. The van der Waals surface area contributed by atoms with Gasteiger partial charge in [-0.2, -0.15) is 13.2 Å². The zero-order chi connectivity index (χ0) is 25.4. The predicted molar refractivity (Wildman–Crippen MR) is 127 cm³/mol. The Labute approximate surface area is 201 Å². The number of hydrogen-bond acceptors (Lipinski definition) is 6. The standard InChI is InChI=1S/C25H29F3N4O3/c1-16(2)13-29-14-17-5-7-20(25(26,27)28)19(11-17)24-31-21(12-22(33)32-24)18-6-8-23(30-15-18)35-10-4-9-34-3/h5-8,11-12,15-16,29H,4,9-10,13-14H2,1-3H3,(H,31,32,33). The fourth-order valence-electron chi connectivity index (χ4n) is 3.38. The third-order valence-corrected chi connectivity index (χ3v) is 5.04. The Kier molecular flexibility index (Phi) is 9.00. The molecule has 2 heterocycles. The molecule has 3 rings (SSSR count). The van der Waals surface area contributed by atoms with Crippen molar-refractivity contribution in [2.45, 2.75) is 33.0 Å². The lowest BCUT2D eigenvalue weighted by atomic mass is 10.0. The second kappa shape index (κ2) is 11.9. The van der Waals surface area contributed by atoms with E-state index in [9.17, 15) is 18.0 Å². The van der Waals surface area contributed by atoms with Crippen LogP contribution in [0.4, 0.5) is 13.2 Å². The van der Waals surface area contributed by atoms with Gasteiger partial charge >= 0.3 is 6.18 Å². The average molecular weight is 491 g/mol. The zero-order valence-corrected chi connectivity index (χ0v) is 19.9. The lowest BCUT2D eigenvalue weighted by Crippen LogP contribution is -2.19. The Morgan fingerprint density at radius 2 is 1.91 bits per heavy atom. The van der Waals surface area contributed by atoms with Crippen LogP contribution in [0.25, 0.3) is 22.6 Å². The summed E-state index contributed by atoms with van der Waals surface area (Å²) in [7, 11) is 1.60. The van der Waals surface area contributed by atoms with E-state index in [1.165, 1.54) is 24.4 Å². The van der Waals surface area contributed by atoms with E-state index >= 15 is 0 Å². The summed E-state index contributed by atoms with van der Waals surface area (Å²) in [6.07, 6.45) is -2.45. The second-order valence-corrected chi connectivity index (χ2v) is 8.46. The number of nitrogens with zero attached hydrogens (tertiary/aromatic N) is 2. The number of nitrogens with one attached hydrogen (secondary N) is 2. The number of alkyl halides is 3. The molecule has 0 spiro atoms. The SMILES string of the molecule is COCCCOc1ccc(-c2cc(=O)[nH]c(-c3cc(CNCC(C)C)ccc3C(F)(F)F)n2)cn1. The molecular weight excluding hydrogens is 461 g/mol. The van der Waals surface area contributed by atoms with Gasteiger partial charge in [-0.3, -0.25) is 4.79 Å². The summed E-state index contributed by atoms with van der Waals surface area (Å²) in [5, 5.41) is 3.21. The summed E-state index contributed by atoms with van der Waals surface area (Å²) in [6.45, 7) is 6.19. The van der Waals surface area contributed by atoms with Gasteiger partial charge in [-0.1, -0.05) is 19.9 Å². The molecule has 0 atom stereocenters. The highest BCUT2D eigenvalue weighted by molar-refractivity contribution is 5.66. The molecule has 0 saturated carbocycles. The van der Waals surface area contributed by atoms with Crippen LogP contribution in [0, 0.1) is 5.92 Å². The summed E-state index contributed by atoms with van der Waals surface area (Å²) in [6, 6.07) is 8.35. The van der Waals surface area contributed by atoms with Gasteiger partial charge in [-0.05, 0) is 36.2 Å². The van der Waals surface area contributed by atoms with E-state index in [2.05, 4.69) is 20.3 Å². The largest absolute Gasteiger partial charge is 0.478 e. The van der Waals surface area contributed by atoms with Crippen molar-refractivity contribution in [2.75, 3.05) is 26.9 Å². The first-order chi connectivity index (χ1) is 16.7. The molecule has 0 radical (unpaired) electrons. The van der Waals surface area contributed by atoms with Crippen molar-refractivity contribution < 1.29 is 22.6 Å². The van der Waals surface area contributed by atoms with Crippen LogP contribution in [0.2, 0.25) is 0 Å². The second-order valence-electron chi connectivity index (χ2n) is 8.46. The van der Waals surface area contributed by atoms with E-state index < -0.39 is 17.3 Å². The molecule has 35 heavy (non-hydrogen) atoms. The fourth-order valence-corrected chi connectivity index (χ4v) is 3.38. The normalized spacial score (nSPS) is 11.7. The molecule has 2 aromatic heterocycles. The molecule has 3 aromatic rings. The molecule has 0 amide bonds. The van der Waals surface area contributed by atoms with Crippen molar-refractivity contribution in [1.29, 1.82) is 0 Å². The van der Waals surface area contributed by atoms with Crippen molar-refractivity contribution >= 4 is 0 Å². The highest BCUT2D eigenvalue weighted by Gasteiger charge is 2.34. The first-order valence-corrected chi connectivity index (χ1v) is 11.3. The number of benzene rings is 1. The maximum absolute atomic E-state index is 13.8. The van der Waals surface area contributed by atoms with Crippen LogP contribution in [-0.4, -0.2) is 41.8 Å². The van der Waals surface area contributed by atoms with Gasteiger partial charge in [0.15, 0.2) is 0 Å². The Balaban J connectivity index is 1.92. The molecule has 7 nitrogen and oxygen atoms in total. The Morgan fingerprint density at radius 3 is 2.57 bits per heavy atom. The smallest absolute Gasteiger partial charge is 0.417 e. The molecule has 0 unspecified atom stereocenters. The molecule has 1 aromatic carbocycles. The highest BCUT2D eigenvalue weighted by Crippen LogP contribution is 2.36. The Bertz CT molecular complexity index is 1160. The number of aromatic amines is 1. The molecule has 2 N–H and O–H groups in total. The van der Waals surface area contributed by atoms with Crippen molar-refractivity contribution in [2.24, 2.45) is 5.92 Å². The number of H-pyrrole nitrogens is 1. The summed E-state index contributed by atoms with van der Waals surface area (Å²) in [5.41, 5.74) is -0.294. The van der Waals surface area contributed by atoms with Crippen molar-refractivity contribution in [3.05, 3.63) is 64.1 Å². The zero-order valence-electron chi connectivity index (χ0n) is 19.9. The number of methoxy groups -OCH3 is 1. The highest BCUT2D eigenvalue weighted by atomic mass is 19.4. The molecule has 10 heteroatoms. The third kappa shape index (κ3) is 7.63. The van der Waals surface area contributed by atoms with E-state index in [1.54, 1.807) is 19.2 Å². The third-order valence-electron chi connectivity index (χ3n) is 5.04. The first kappa shape index (κ1) is 26.4. The van der Waals surface area contributed by atoms with Gasteiger partial charge in [-0.15, -0.1) is 0 Å². The lowest BCUT2D eigenvalue weighted by Gasteiger charge is -2.15. The Hall–Kier alpha value is -3.24. The van der Waals surface area contributed by atoms with Crippen molar-refractivity contribution in [1.82, 2.24) is 20.3 Å². The van der Waals surface area contributed by atoms with E-state index in [-0.39, 0.29) is 17.1 Å². The van der Waals surface area contributed by atoms with Gasteiger partial charge in [0.1, 0.15) is 5.82 Å². The molecule has 188 valence electrons. The fraction of sp³-hybridized carbons (Fsp3) is 0.400. The van der Waals surface area contributed by atoms with E-state index in [0.717, 1.165) is 12.6 Å². The summed E-state index contributed by atoms with van der Waals surface area (Å²) in [5.74, 6) is 0.621. The number of hydrogen-bond donors (Lipinski definition) is 2. The van der Waals surface area contributed by atoms with Crippen molar-refractivity contribution in [3.8, 4) is 28.5 Å². The summed E-state index contributed by atoms with van der Waals surface area (Å²) >= 11 is 0. The van der Waals surface area contributed by atoms with E-state index in [4.69, 9.17) is 9.47 Å². The molecular formula is C25H29F3N4O3. The molecule has 0 aliphatic rings. The molecule has 0 aliphatic carbocycles. The maximum atomic E-state index is 13.8. The number of rotatable bonds is 11. The topological polar surface area (TPSA) is 89.1 Å². The number of aromatic nitrogens is 3. The Morgan fingerprint density at radius 1 is 1.11 bits per heavy atom. The maximum Gasteiger partial charge on any atom is 0.417 e. The number of halogens is 3. The minimum absolute atomic E-state index is 0.162. The molecule has 0 fully saturated rings. The van der Waals surface area contributed by atoms with Crippen LogP contribution in [0.1, 0.15) is 31.4 Å². The van der Waals surface area contributed by atoms with Crippen LogP contribution in [0.3, 0.4) is 0 Å². The van der Waals surface area contributed by atoms with Crippen LogP contribution < -0.4 is 15.6 Å². The van der Waals surface area contributed by atoms with E-state index in [0.29, 0.717) is 49.1 Å².